The third-order valence-corrected chi connectivity index (χ3v) is 3.14. The summed E-state index contributed by atoms with van der Waals surface area (Å²) in [5.41, 5.74) is 1.90. The SMILES string of the molecule is Cc1ccc(NC(=O)NCc2nc(C3CC3)no2)cc1. The lowest BCUT2D eigenvalue weighted by Gasteiger charge is -2.05. The number of anilines is 1. The summed E-state index contributed by atoms with van der Waals surface area (Å²) in [6, 6.07) is 7.30. The lowest BCUT2D eigenvalue weighted by molar-refractivity contribution is 0.249. The molecule has 0 unspecified atom stereocenters. The Labute approximate surface area is 116 Å². The van der Waals surface area contributed by atoms with Gasteiger partial charge in [-0.2, -0.15) is 4.98 Å². The fourth-order valence-electron chi connectivity index (χ4n) is 1.82. The van der Waals surface area contributed by atoms with Crippen LogP contribution < -0.4 is 10.6 Å². The molecule has 0 atom stereocenters. The predicted molar refractivity (Wildman–Crippen MR) is 73.3 cm³/mol. The molecule has 0 spiro atoms. The van der Waals surface area contributed by atoms with Crippen LogP contribution in [0, 0.1) is 6.92 Å². The van der Waals surface area contributed by atoms with Gasteiger partial charge in [-0.25, -0.2) is 4.79 Å². The molecule has 1 aliphatic carbocycles. The lowest BCUT2D eigenvalue weighted by Crippen LogP contribution is -2.28. The zero-order valence-corrected chi connectivity index (χ0v) is 11.2. The topological polar surface area (TPSA) is 80.0 Å². The maximum Gasteiger partial charge on any atom is 0.319 e. The second-order valence-corrected chi connectivity index (χ2v) is 4.99. The third kappa shape index (κ3) is 3.14. The van der Waals surface area contributed by atoms with Crippen molar-refractivity contribution in [3.05, 3.63) is 41.5 Å². The van der Waals surface area contributed by atoms with Gasteiger partial charge in [0.25, 0.3) is 0 Å². The molecule has 0 saturated heterocycles. The van der Waals surface area contributed by atoms with E-state index in [2.05, 4.69) is 20.8 Å². The average molecular weight is 272 g/mol. The summed E-state index contributed by atoms with van der Waals surface area (Å²) in [6.45, 7) is 2.23. The predicted octanol–water partition coefficient (Wildman–Crippen LogP) is 2.58. The van der Waals surface area contributed by atoms with E-state index >= 15 is 0 Å². The summed E-state index contributed by atoms with van der Waals surface area (Å²) in [5.74, 6) is 1.64. The highest BCUT2D eigenvalue weighted by atomic mass is 16.5. The van der Waals surface area contributed by atoms with Crippen LogP contribution in [0.2, 0.25) is 0 Å². The van der Waals surface area contributed by atoms with Gasteiger partial charge in [0.15, 0.2) is 5.82 Å². The van der Waals surface area contributed by atoms with Gasteiger partial charge in [-0.05, 0) is 31.9 Å². The molecule has 6 nitrogen and oxygen atoms in total. The first kappa shape index (κ1) is 12.7. The monoisotopic (exact) mass is 272 g/mol. The highest BCUT2D eigenvalue weighted by molar-refractivity contribution is 5.89. The number of aryl methyl sites for hydroxylation is 1. The van der Waals surface area contributed by atoms with Gasteiger partial charge in [0.05, 0.1) is 6.54 Å². The number of nitrogens with one attached hydrogen (secondary N) is 2. The molecule has 2 amide bonds. The van der Waals surface area contributed by atoms with Gasteiger partial charge in [0, 0.05) is 11.6 Å². The van der Waals surface area contributed by atoms with Crippen LogP contribution in [0.1, 0.15) is 36.0 Å². The van der Waals surface area contributed by atoms with Crippen LogP contribution in [0.3, 0.4) is 0 Å². The maximum atomic E-state index is 11.7. The maximum absolute atomic E-state index is 11.7. The highest BCUT2D eigenvalue weighted by Crippen LogP contribution is 2.37. The Morgan fingerprint density at radius 3 is 2.80 bits per heavy atom. The smallest absolute Gasteiger partial charge is 0.319 e. The van der Waals surface area contributed by atoms with E-state index in [1.165, 1.54) is 0 Å². The van der Waals surface area contributed by atoms with Crippen molar-refractivity contribution < 1.29 is 9.32 Å². The molecule has 2 N–H and O–H groups in total. The van der Waals surface area contributed by atoms with E-state index < -0.39 is 0 Å². The molecule has 2 aromatic rings. The first-order valence-corrected chi connectivity index (χ1v) is 6.65. The Kier molecular flexibility index (Phi) is 3.37. The quantitative estimate of drug-likeness (QED) is 0.896. The summed E-state index contributed by atoms with van der Waals surface area (Å²) in [4.78, 5) is 16.0. The Morgan fingerprint density at radius 2 is 2.10 bits per heavy atom. The fourth-order valence-corrected chi connectivity index (χ4v) is 1.82. The normalized spacial score (nSPS) is 14.1. The van der Waals surface area contributed by atoms with E-state index in [9.17, 15) is 4.79 Å². The van der Waals surface area contributed by atoms with E-state index in [4.69, 9.17) is 4.52 Å². The van der Waals surface area contributed by atoms with E-state index in [1.807, 2.05) is 31.2 Å². The molecule has 0 radical (unpaired) electrons. The number of aromatic nitrogens is 2. The van der Waals surface area contributed by atoms with Crippen molar-refractivity contribution in [3.63, 3.8) is 0 Å². The lowest BCUT2D eigenvalue weighted by atomic mass is 10.2. The Bertz CT molecular complexity index is 602. The van der Waals surface area contributed by atoms with Crippen LogP contribution in [-0.4, -0.2) is 16.2 Å². The van der Waals surface area contributed by atoms with Crippen molar-refractivity contribution in [1.82, 2.24) is 15.5 Å². The standard InChI is InChI=1S/C14H16N4O2/c1-9-2-6-11(7-3-9)16-14(19)15-8-12-17-13(18-20-12)10-4-5-10/h2-3,6-7,10H,4-5,8H2,1H3,(H2,15,16,19). The summed E-state index contributed by atoms with van der Waals surface area (Å²) in [6.07, 6.45) is 2.25. The Hall–Kier alpha value is -2.37. The highest BCUT2D eigenvalue weighted by Gasteiger charge is 2.28. The second-order valence-electron chi connectivity index (χ2n) is 4.99. The van der Waals surface area contributed by atoms with Crippen LogP contribution in [0.4, 0.5) is 10.5 Å². The molecule has 1 saturated carbocycles. The Morgan fingerprint density at radius 1 is 1.35 bits per heavy atom. The minimum Gasteiger partial charge on any atom is -0.337 e. The number of amides is 2. The molecule has 20 heavy (non-hydrogen) atoms. The summed E-state index contributed by atoms with van der Waals surface area (Å²) >= 11 is 0. The summed E-state index contributed by atoms with van der Waals surface area (Å²) < 4.78 is 5.08. The second kappa shape index (κ2) is 5.32. The number of urea groups is 1. The summed E-state index contributed by atoms with van der Waals surface area (Å²) in [5, 5.41) is 9.32. The van der Waals surface area contributed by atoms with E-state index in [0.717, 1.165) is 29.9 Å². The molecule has 0 aliphatic heterocycles. The van der Waals surface area contributed by atoms with Crippen molar-refractivity contribution in [3.8, 4) is 0 Å². The molecule has 104 valence electrons. The minimum absolute atomic E-state index is 0.234. The number of hydrogen-bond donors (Lipinski definition) is 2. The van der Waals surface area contributed by atoms with Gasteiger partial charge in [0.2, 0.25) is 5.89 Å². The van der Waals surface area contributed by atoms with Crippen molar-refractivity contribution in [2.75, 3.05) is 5.32 Å². The third-order valence-electron chi connectivity index (χ3n) is 3.14. The van der Waals surface area contributed by atoms with Crippen molar-refractivity contribution in [1.29, 1.82) is 0 Å². The molecule has 1 aliphatic rings. The number of carbonyl (C=O) groups is 1. The molecular formula is C14H16N4O2. The molecule has 6 heteroatoms. The minimum atomic E-state index is -0.292. The molecular weight excluding hydrogens is 256 g/mol. The number of carbonyl (C=O) groups excluding carboxylic acids is 1. The van der Waals surface area contributed by atoms with Crippen molar-refractivity contribution in [2.45, 2.75) is 32.2 Å². The van der Waals surface area contributed by atoms with Crippen LogP contribution >= 0.6 is 0 Å². The Balaban J connectivity index is 1.49. The number of nitrogens with zero attached hydrogens (tertiary/aromatic N) is 2. The summed E-state index contributed by atoms with van der Waals surface area (Å²) in [7, 11) is 0. The van der Waals surface area contributed by atoms with Gasteiger partial charge in [0.1, 0.15) is 0 Å². The van der Waals surface area contributed by atoms with Crippen LogP contribution in [-0.2, 0) is 6.54 Å². The van der Waals surface area contributed by atoms with E-state index in [0.29, 0.717) is 11.8 Å². The zero-order valence-electron chi connectivity index (χ0n) is 11.2. The zero-order chi connectivity index (χ0) is 13.9. The molecule has 1 heterocycles. The van der Waals surface area contributed by atoms with Crippen molar-refractivity contribution in [2.24, 2.45) is 0 Å². The average Bonchev–Trinajstić information content (AvgIpc) is 3.18. The van der Waals surface area contributed by atoms with Gasteiger partial charge >= 0.3 is 6.03 Å². The molecule has 1 fully saturated rings. The van der Waals surface area contributed by atoms with Crippen LogP contribution in [0.25, 0.3) is 0 Å². The molecule has 0 bridgehead atoms. The number of benzene rings is 1. The van der Waals surface area contributed by atoms with Gasteiger partial charge in [-0.1, -0.05) is 22.9 Å². The van der Waals surface area contributed by atoms with Crippen molar-refractivity contribution >= 4 is 11.7 Å². The number of hydrogen-bond acceptors (Lipinski definition) is 4. The van der Waals surface area contributed by atoms with Gasteiger partial charge in [-0.15, -0.1) is 0 Å². The van der Waals surface area contributed by atoms with Gasteiger partial charge < -0.3 is 15.2 Å². The molecule has 1 aromatic carbocycles. The van der Waals surface area contributed by atoms with Gasteiger partial charge in [-0.3, -0.25) is 0 Å². The first-order valence-electron chi connectivity index (χ1n) is 6.65. The van der Waals surface area contributed by atoms with E-state index in [1.54, 1.807) is 0 Å². The largest absolute Gasteiger partial charge is 0.337 e. The van der Waals surface area contributed by atoms with Crippen LogP contribution in [0.15, 0.2) is 28.8 Å². The molecule has 3 rings (SSSR count). The van der Waals surface area contributed by atoms with Crippen LogP contribution in [0.5, 0.6) is 0 Å². The molecule has 1 aromatic heterocycles. The number of rotatable bonds is 4. The van der Waals surface area contributed by atoms with E-state index in [-0.39, 0.29) is 12.6 Å². The first-order chi connectivity index (χ1) is 9.70. The fraction of sp³-hybridized carbons (Fsp3) is 0.357.